The SMILES string of the molecule is O=C(O)c1cc2cc([N+](=O)[O-])ccc2n1Cc1ccc(F)cc1F. The van der Waals surface area contributed by atoms with Crippen molar-refractivity contribution >= 4 is 22.6 Å². The molecule has 1 heterocycles. The van der Waals surface area contributed by atoms with Crippen LogP contribution in [0, 0.1) is 21.7 Å². The third kappa shape index (κ3) is 2.69. The van der Waals surface area contributed by atoms with Gasteiger partial charge in [0, 0.05) is 34.7 Å². The highest BCUT2D eigenvalue weighted by atomic mass is 19.1. The molecule has 6 nitrogen and oxygen atoms in total. The predicted octanol–water partition coefficient (Wildman–Crippen LogP) is 3.57. The van der Waals surface area contributed by atoms with E-state index in [1.807, 2.05) is 0 Å². The van der Waals surface area contributed by atoms with Crippen molar-refractivity contribution in [3.8, 4) is 0 Å². The fourth-order valence-electron chi connectivity index (χ4n) is 2.54. The molecule has 3 rings (SSSR count). The minimum absolute atomic E-state index is 0.106. The Hall–Kier alpha value is -3.29. The van der Waals surface area contributed by atoms with Gasteiger partial charge in [-0.1, -0.05) is 6.07 Å². The van der Waals surface area contributed by atoms with Gasteiger partial charge in [0.25, 0.3) is 5.69 Å². The van der Waals surface area contributed by atoms with Crippen molar-refractivity contribution in [1.82, 2.24) is 4.57 Å². The van der Waals surface area contributed by atoms with Gasteiger partial charge in [-0.3, -0.25) is 10.1 Å². The number of carbonyl (C=O) groups is 1. The Morgan fingerprint density at radius 3 is 2.54 bits per heavy atom. The molecule has 0 saturated heterocycles. The van der Waals surface area contributed by atoms with Crippen LogP contribution in [0.2, 0.25) is 0 Å². The summed E-state index contributed by atoms with van der Waals surface area (Å²) < 4.78 is 28.2. The molecule has 0 fully saturated rings. The van der Waals surface area contributed by atoms with Gasteiger partial charge in [-0.15, -0.1) is 0 Å². The van der Waals surface area contributed by atoms with E-state index in [0.29, 0.717) is 17.0 Å². The van der Waals surface area contributed by atoms with Crippen molar-refractivity contribution in [1.29, 1.82) is 0 Å². The van der Waals surface area contributed by atoms with Crippen molar-refractivity contribution in [2.24, 2.45) is 0 Å². The van der Waals surface area contributed by atoms with E-state index in [-0.39, 0.29) is 23.5 Å². The Morgan fingerprint density at radius 2 is 1.92 bits per heavy atom. The van der Waals surface area contributed by atoms with Gasteiger partial charge >= 0.3 is 5.97 Å². The molecule has 1 N–H and O–H groups in total. The van der Waals surface area contributed by atoms with E-state index in [2.05, 4.69) is 0 Å². The first kappa shape index (κ1) is 15.6. The molecular formula is C16H10F2N2O4. The Morgan fingerprint density at radius 1 is 1.17 bits per heavy atom. The number of nitro benzene ring substituents is 1. The Bertz CT molecular complexity index is 982. The van der Waals surface area contributed by atoms with Crippen molar-refractivity contribution < 1.29 is 23.6 Å². The zero-order valence-electron chi connectivity index (χ0n) is 12.1. The summed E-state index contributed by atoms with van der Waals surface area (Å²) in [6.45, 7) is -0.144. The maximum absolute atomic E-state index is 13.9. The van der Waals surface area contributed by atoms with Crippen LogP contribution in [0.1, 0.15) is 16.1 Å². The topological polar surface area (TPSA) is 85.4 Å². The zero-order chi connectivity index (χ0) is 17.4. The summed E-state index contributed by atoms with van der Waals surface area (Å²) >= 11 is 0. The first-order valence-corrected chi connectivity index (χ1v) is 6.81. The van der Waals surface area contributed by atoms with Gasteiger partial charge in [0.2, 0.25) is 0 Å². The maximum Gasteiger partial charge on any atom is 0.352 e. The number of carboxylic acid groups (broad SMARTS) is 1. The van der Waals surface area contributed by atoms with Crippen LogP contribution in [0.15, 0.2) is 42.5 Å². The van der Waals surface area contributed by atoms with Crippen LogP contribution in [-0.4, -0.2) is 20.6 Å². The van der Waals surface area contributed by atoms with E-state index < -0.39 is 22.5 Å². The largest absolute Gasteiger partial charge is 0.477 e. The van der Waals surface area contributed by atoms with Gasteiger partial charge in [-0.05, 0) is 18.2 Å². The first-order chi connectivity index (χ1) is 11.4. The summed E-state index contributed by atoms with van der Waals surface area (Å²) in [7, 11) is 0. The van der Waals surface area contributed by atoms with Gasteiger partial charge in [0.1, 0.15) is 17.3 Å². The molecule has 24 heavy (non-hydrogen) atoms. The van der Waals surface area contributed by atoms with Crippen LogP contribution in [0.5, 0.6) is 0 Å². The van der Waals surface area contributed by atoms with E-state index in [0.717, 1.165) is 6.07 Å². The van der Waals surface area contributed by atoms with Gasteiger partial charge in [0.15, 0.2) is 0 Å². The van der Waals surface area contributed by atoms with Crippen LogP contribution >= 0.6 is 0 Å². The molecule has 0 atom stereocenters. The standard InChI is InChI=1S/C16H10F2N2O4/c17-11-2-1-9(13(18)7-11)8-19-14-4-3-12(20(23)24)5-10(14)6-15(19)16(21)22/h1-7H,8H2,(H,21,22). The number of hydrogen-bond acceptors (Lipinski definition) is 3. The number of nitro groups is 1. The summed E-state index contributed by atoms with van der Waals surface area (Å²) in [6.07, 6.45) is 0. The fraction of sp³-hybridized carbons (Fsp3) is 0.0625. The molecular weight excluding hydrogens is 322 g/mol. The lowest BCUT2D eigenvalue weighted by Crippen LogP contribution is -2.10. The molecule has 0 radical (unpaired) electrons. The normalized spacial score (nSPS) is 10.9. The van der Waals surface area contributed by atoms with Crippen LogP contribution < -0.4 is 0 Å². The monoisotopic (exact) mass is 332 g/mol. The minimum Gasteiger partial charge on any atom is -0.477 e. The Balaban J connectivity index is 2.16. The van der Waals surface area contributed by atoms with Crippen LogP contribution in [0.3, 0.4) is 0 Å². The van der Waals surface area contributed by atoms with Crippen LogP contribution in [0.25, 0.3) is 10.9 Å². The number of benzene rings is 2. The van der Waals surface area contributed by atoms with Crippen molar-refractivity contribution in [3.05, 3.63) is 75.5 Å². The molecule has 0 aliphatic carbocycles. The molecule has 0 saturated carbocycles. The van der Waals surface area contributed by atoms with E-state index in [1.54, 1.807) is 0 Å². The summed E-state index contributed by atoms with van der Waals surface area (Å²) in [5, 5.41) is 20.5. The Labute approximate surface area is 133 Å². The van der Waals surface area contributed by atoms with E-state index in [4.69, 9.17) is 0 Å². The smallest absolute Gasteiger partial charge is 0.352 e. The molecule has 1 aromatic heterocycles. The molecule has 0 amide bonds. The van der Waals surface area contributed by atoms with Gasteiger partial charge in [-0.2, -0.15) is 0 Å². The van der Waals surface area contributed by atoms with Gasteiger partial charge < -0.3 is 9.67 Å². The zero-order valence-corrected chi connectivity index (χ0v) is 12.1. The number of rotatable bonds is 4. The number of carboxylic acids is 1. The highest BCUT2D eigenvalue weighted by molar-refractivity contribution is 5.95. The molecule has 0 spiro atoms. The molecule has 2 aromatic carbocycles. The molecule has 0 unspecified atom stereocenters. The number of non-ortho nitro benzene ring substituents is 1. The summed E-state index contributed by atoms with van der Waals surface area (Å²) in [6, 6.07) is 8.20. The van der Waals surface area contributed by atoms with Gasteiger partial charge in [0.05, 0.1) is 11.5 Å². The number of aromatic nitrogens is 1. The number of halogens is 2. The van der Waals surface area contributed by atoms with E-state index in [1.165, 1.54) is 34.9 Å². The van der Waals surface area contributed by atoms with E-state index >= 15 is 0 Å². The van der Waals surface area contributed by atoms with Crippen molar-refractivity contribution in [2.75, 3.05) is 0 Å². The average molecular weight is 332 g/mol. The summed E-state index contributed by atoms with van der Waals surface area (Å²) in [4.78, 5) is 21.7. The highest BCUT2D eigenvalue weighted by Crippen LogP contribution is 2.26. The quantitative estimate of drug-likeness (QED) is 0.584. The average Bonchev–Trinajstić information content (AvgIpc) is 2.88. The summed E-state index contributed by atoms with van der Waals surface area (Å²) in [5.41, 5.74) is 0.190. The van der Waals surface area contributed by atoms with Crippen molar-refractivity contribution in [2.45, 2.75) is 6.54 Å². The van der Waals surface area contributed by atoms with Crippen LogP contribution in [0.4, 0.5) is 14.5 Å². The van der Waals surface area contributed by atoms with Crippen LogP contribution in [-0.2, 0) is 6.54 Å². The molecule has 3 aromatic rings. The highest BCUT2D eigenvalue weighted by Gasteiger charge is 2.18. The number of hydrogen-bond donors (Lipinski definition) is 1. The predicted molar refractivity (Wildman–Crippen MR) is 81.0 cm³/mol. The second-order valence-electron chi connectivity index (χ2n) is 5.16. The third-order valence-electron chi connectivity index (χ3n) is 3.66. The number of aromatic carboxylic acids is 1. The summed E-state index contributed by atoms with van der Waals surface area (Å²) in [5.74, 6) is -2.78. The second-order valence-corrected chi connectivity index (χ2v) is 5.16. The fourth-order valence-corrected chi connectivity index (χ4v) is 2.54. The minimum atomic E-state index is -1.25. The lowest BCUT2D eigenvalue weighted by molar-refractivity contribution is -0.384. The van der Waals surface area contributed by atoms with Crippen molar-refractivity contribution in [3.63, 3.8) is 0 Å². The Kier molecular flexibility index (Phi) is 3.72. The maximum atomic E-state index is 13.9. The molecule has 0 aliphatic heterocycles. The number of nitrogens with zero attached hydrogens (tertiary/aromatic N) is 2. The molecule has 122 valence electrons. The molecule has 0 aliphatic rings. The lowest BCUT2D eigenvalue weighted by Gasteiger charge is -2.09. The first-order valence-electron chi connectivity index (χ1n) is 6.81. The van der Waals surface area contributed by atoms with E-state index in [9.17, 15) is 28.8 Å². The lowest BCUT2D eigenvalue weighted by atomic mass is 10.2. The molecule has 8 heteroatoms. The number of fused-ring (bicyclic) bond motifs is 1. The second kappa shape index (κ2) is 5.73. The third-order valence-corrected chi connectivity index (χ3v) is 3.66. The van der Waals surface area contributed by atoms with Gasteiger partial charge in [-0.25, -0.2) is 13.6 Å². The molecule has 0 bridgehead atoms.